The molecule has 0 radical (unpaired) electrons. The Labute approximate surface area is 128 Å². The summed E-state index contributed by atoms with van der Waals surface area (Å²) in [7, 11) is -3.66. The molecule has 2 aromatic heterocycles. The van der Waals surface area contributed by atoms with E-state index in [2.05, 4.69) is 19.8 Å². The lowest BCUT2D eigenvalue weighted by Gasteiger charge is -2.22. The lowest BCUT2D eigenvalue weighted by molar-refractivity contribution is 0.326. The Morgan fingerprint density at radius 2 is 2.27 bits per heavy atom. The third-order valence-corrected chi connectivity index (χ3v) is 4.89. The summed E-state index contributed by atoms with van der Waals surface area (Å²) < 4.78 is 34.5. The van der Waals surface area contributed by atoms with E-state index in [1.807, 2.05) is 6.92 Å². The van der Waals surface area contributed by atoms with Gasteiger partial charge in [-0.1, -0.05) is 0 Å². The highest BCUT2D eigenvalue weighted by molar-refractivity contribution is 7.89. The van der Waals surface area contributed by atoms with Crippen molar-refractivity contribution in [3.8, 4) is 5.88 Å². The molecule has 0 fully saturated rings. The van der Waals surface area contributed by atoms with Crippen LogP contribution in [0.1, 0.15) is 31.6 Å². The predicted molar refractivity (Wildman–Crippen MR) is 77.7 cm³/mol. The molecule has 0 saturated heterocycles. The van der Waals surface area contributed by atoms with E-state index in [9.17, 15) is 8.42 Å². The van der Waals surface area contributed by atoms with Crippen LogP contribution in [-0.4, -0.2) is 34.8 Å². The zero-order valence-electron chi connectivity index (χ0n) is 12.1. The molecule has 3 heterocycles. The average molecular weight is 323 g/mol. The molecule has 1 aliphatic rings. The second-order valence-electron chi connectivity index (χ2n) is 4.92. The quantitative estimate of drug-likeness (QED) is 0.877. The van der Waals surface area contributed by atoms with Gasteiger partial charge in [0.1, 0.15) is 17.0 Å². The number of pyridine rings is 1. The molecule has 9 heteroatoms. The Kier molecular flexibility index (Phi) is 4.08. The van der Waals surface area contributed by atoms with Crippen LogP contribution in [0.5, 0.6) is 5.88 Å². The molecule has 0 aromatic carbocycles. The van der Waals surface area contributed by atoms with E-state index in [1.54, 1.807) is 10.7 Å². The first-order valence-electron chi connectivity index (χ1n) is 7.09. The van der Waals surface area contributed by atoms with Gasteiger partial charge in [-0.25, -0.2) is 27.8 Å². The normalized spacial score (nSPS) is 18.0. The van der Waals surface area contributed by atoms with Crippen LogP contribution in [-0.2, 0) is 16.6 Å². The third kappa shape index (κ3) is 2.95. The number of fused-ring (bicyclic) bond motifs is 1. The Bertz CT molecular complexity index is 741. The van der Waals surface area contributed by atoms with Crippen LogP contribution in [0.3, 0.4) is 0 Å². The van der Waals surface area contributed by atoms with Crippen LogP contribution in [0.25, 0.3) is 0 Å². The van der Waals surface area contributed by atoms with Gasteiger partial charge in [0.05, 0.1) is 18.8 Å². The van der Waals surface area contributed by atoms with Crippen molar-refractivity contribution in [3.63, 3.8) is 0 Å². The summed E-state index contributed by atoms with van der Waals surface area (Å²) in [6, 6.07) is 2.66. The monoisotopic (exact) mass is 323 g/mol. The largest absolute Gasteiger partial charge is 0.478 e. The van der Waals surface area contributed by atoms with Gasteiger partial charge in [0.25, 0.3) is 0 Å². The lowest BCUT2D eigenvalue weighted by atomic mass is 10.1. The van der Waals surface area contributed by atoms with Crippen molar-refractivity contribution < 1.29 is 13.2 Å². The zero-order chi connectivity index (χ0) is 15.6. The van der Waals surface area contributed by atoms with Crippen LogP contribution < -0.4 is 9.46 Å². The van der Waals surface area contributed by atoms with Gasteiger partial charge < -0.3 is 4.74 Å². The molecule has 0 saturated carbocycles. The highest BCUT2D eigenvalue weighted by Gasteiger charge is 2.27. The van der Waals surface area contributed by atoms with Crippen LogP contribution in [0.4, 0.5) is 0 Å². The second-order valence-corrected chi connectivity index (χ2v) is 6.64. The number of rotatable bonds is 5. The maximum Gasteiger partial charge on any atom is 0.242 e. The van der Waals surface area contributed by atoms with Gasteiger partial charge in [-0.3, -0.25) is 0 Å². The SMILES string of the molecule is CCOc1ccc(S(=O)(=O)N[C@@H]2CCCn3ncnc32)cn1. The molecule has 118 valence electrons. The zero-order valence-corrected chi connectivity index (χ0v) is 13.0. The smallest absolute Gasteiger partial charge is 0.242 e. The van der Waals surface area contributed by atoms with Crippen molar-refractivity contribution in [2.45, 2.75) is 37.2 Å². The molecule has 0 aliphatic carbocycles. The summed E-state index contributed by atoms with van der Waals surface area (Å²) in [5, 5.41) is 4.08. The number of ether oxygens (including phenoxy) is 1. The molecular weight excluding hydrogens is 306 g/mol. The van der Waals surface area contributed by atoms with Crippen molar-refractivity contribution in [3.05, 3.63) is 30.5 Å². The van der Waals surface area contributed by atoms with Crippen LogP contribution in [0.15, 0.2) is 29.6 Å². The van der Waals surface area contributed by atoms with Crippen LogP contribution in [0, 0.1) is 0 Å². The molecule has 0 unspecified atom stereocenters. The van der Waals surface area contributed by atoms with Gasteiger partial charge in [-0.05, 0) is 25.8 Å². The van der Waals surface area contributed by atoms with E-state index in [-0.39, 0.29) is 10.9 Å². The minimum Gasteiger partial charge on any atom is -0.478 e. The maximum absolute atomic E-state index is 12.5. The van der Waals surface area contributed by atoms with Crippen molar-refractivity contribution in [2.24, 2.45) is 0 Å². The van der Waals surface area contributed by atoms with Gasteiger partial charge in [0.2, 0.25) is 15.9 Å². The van der Waals surface area contributed by atoms with E-state index in [0.29, 0.717) is 24.7 Å². The second kappa shape index (κ2) is 6.01. The predicted octanol–water partition coefficient (Wildman–Crippen LogP) is 0.885. The van der Waals surface area contributed by atoms with E-state index < -0.39 is 10.0 Å². The van der Waals surface area contributed by atoms with Crippen LogP contribution in [0.2, 0.25) is 0 Å². The minimum atomic E-state index is -3.66. The lowest BCUT2D eigenvalue weighted by Crippen LogP contribution is -2.33. The molecule has 1 aliphatic heterocycles. The van der Waals surface area contributed by atoms with Gasteiger partial charge in [0.15, 0.2) is 0 Å². The summed E-state index contributed by atoms with van der Waals surface area (Å²) >= 11 is 0. The molecule has 2 aromatic rings. The number of nitrogens with one attached hydrogen (secondary N) is 1. The highest BCUT2D eigenvalue weighted by atomic mass is 32.2. The molecular formula is C13H17N5O3S. The summed E-state index contributed by atoms with van der Waals surface area (Å²) in [5.74, 6) is 1.05. The topological polar surface area (TPSA) is 99.0 Å². The Morgan fingerprint density at radius 1 is 1.41 bits per heavy atom. The fourth-order valence-corrected chi connectivity index (χ4v) is 3.59. The van der Waals surface area contributed by atoms with E-state index in [4.69, 9.17) is 4.74 Å². The molecule has 0 bridgehead atoms. The molecule has 0 amide bonds. The fraction of sp³-hybridized carbons (Fsp3) is 0.462. The van der Waals surface area contributed by atoms with Crippen molar-refractivity contribution in [1.82, 2.24) is 24.5 Å². The van der Waals surface area contributed by atoms with Gasteiger partial charge in [0, 0.05) is 12.6 Å². The summed E-state index contributed by atoms with van der Waals surface area (Å²) in [6.07, 6.45) is 4.29. The van der Waals surface area contributed by atoms with Crippen molar-refractivity contribution >= 4 is 10.0 Å². The Morgan fingerprint density at radius 3 is 3.00 bits per heavy atom. The molecule has 8 nitrogen and oxygen atoms in total. The highest BCUT2D eigenvalue weighted by Crippen LogP contribution is 2.24. The van der Waals surface area contributed by atoms with Gasteiger partial charge >= 0.3 is 0 Å². The molecule has 1 N–H and O–H groups in total. The van der Waals surface area contributed by atoms with Gasteiger partial charge in [-0.2, -0.15) is 5.10 Å². The number of sulfonamides is 1. The third-order valence-electron chi connectivity index (χ3n) is 3.43. The van der Waals surface area contributed by atoms with Crippen LogP contribution >= 0.6 is 0 Å². The van der Waals surface area contributed by atoms with E-state index in [0.717, 1.165) is 13.0 Å². The van der Waals surface area contributed by atoms with Gasteiger partial charge in [-0.15, -0.1) is 0 Å². The van der Waals surface area contributed by atoms with E-state index in [1.165, 1.54) is 18.6 Å². The number of aryl methyl sites for hydroxylation is 1. The summed E-state index contributed by atoms with van der Waals surface area (Å²) in [4.78, 5) is 8.24. The van der Waals surface area contributed by atoms with Crippen molar-refractivity contribution in [2.75, 3.05) is 6.61 Å². The molecule has 3 rings (SSSR count). The molecule has 1 atom stereocenters. The Balaban J connectivity index is 1.80. The summed E-state index contributed by atoms with van der Waals surface area (Å²) in [5.41, 5.74) is 0. The summed E-state index contributed by atoms with van der Waals surface area (Å²) in [6.45, 7) is 3.08. The Hall–Kier alpha value is -2.00. The molecule has 0 spiro atoms. The van der Waals surface area contributed by atoms with Crippen molar-refractivity contribution in [1.29, 1.82) is 0 Å². The number of nitrogens with zero attached hydrogens (tertiary/aromatic N) is 4. The standard InChI is InChI=1S/C13H17N5O3S/c1-2-21-12-6-5-10(8-14-12)22(19,20)17-11-4-3-7-18-13(11)15-9-16-18/h5-6,8-9,11,17H,2-4,7H2,1H3/t11-/m1/s1. The first-order chi connectivity index (χ1) is 10.6. The fourth-order valence-electron chi connectivity index (χ4n) is 2.42. The van der Waals surface area contributed by atoms with E-state index >= 15 is 0 Å². The number of aromatic nitrogens is 4. The number of hydrogen-bond acceptors (Lipinski definition) is 6. The first-order valence-corrected chi connectivity index (χ1v) is 8.57. The first kappa shape index (κ1) is 14.9. The molecule has 22 heavy (non-hydrogen) atoms. The maximum atomic E-state index is 12.5. The number of hydrogen-bond donors (Lipinski definition) is 1. The average Bonchev–Trinajstić information content (AvgIpc) is 2.97. The minimum absolute atomic E-state index is 0.104.